The normalized spacial score (nSPS) is 12.2. The predicted molar refractivity (Wildman–Crippen MR) is 53.6 cm³/mol. The Bertz CT molecular complexity index is 497. The molecule has 0 atom stereocenters. The van der Waals surface area contributed by atoms with E-state index < -0.39 is 35.4 Å². The van der Waals surface area contributed by atoms with Gasteiger partial charge in [-0.15, -0.1) is 13.2 Å². The van der Waals surface area contributed by atoms with E-state index in [1.807, 2.05) is 0 Å². The summed E-state index contributed by atoms with van der Waals surface area (Å²) in [4.78, 5) is 11.0. The predicted octanol–water partition coefficient (Wildman–Crippen LogP) is 3.38. The monoisotopic (exact) mass is 302 g/mol. The van der Waals surface area contributed by atoms with Gasteiger partial charge in [0.2, 0.25) is 0 Å². The molecule has 3 nitrogen and oxygen atoms in total. The van der Waals surface area contributed by atoms with E-state index in [1.54, 1.807) is 0 Å². The van der Waals surface area contributed by atoms with Crippen LogP contribution >= 0.6 is 0 Å². The van der Waals surface area contributed by atoms with Crippen LogP contribution in [0.5, 0.6) is 5.75 Å². The van der Waals surface area contributed by atoms with Crippen molar-refractivity contribution in [2.24, 2.45) is 0 Å². The van der Waals surface area contributed by atoms with Crippen LogP contribution in [0, 0.1) is 5.82 Å². The minimum atomic E-state index is -5.09. The third-order valence-corrected chi connectivity index (χ3v) is 2.04. The van der Waals surface area contributed by atoms with Gasteiger partial charge in [-0.25, -0.2) is 9.18 Å². The molecular weight excluding hydrogens is 294 g/mol. The molecule has 112 valence electrons. The Morgan fingerprint density at radius 1 is 1.20 bits per heavy atom. The molecule has 0 aliphatic rings. The van der Waals surface area contributed by atoms with Gasteiger partial charge in [0.1, 0.15) is 11.6 Å². The van der Waals surface area contributed by atoms with Crippen LogP contribution in [0.2, 0.25) is 0 Å². The molecule has 0 radical (unpaired) electrons. The molecule has 0 aliphatic heterocycles. The molecule has 0 bridgehead atoms. The Morgan fingerprint density at radius 2 is 1.80 bits per heavy atom. The summed E-state index contributed by atoms with van der Waals surface area (Å²) in [6.07, 6.45) is -5.09. The van der Waals surface area contributed by atoms with E-state index in [9.17, 15) is 31.1 Å². The van der Waals surface area contributed by atoms with Crippen LogP contribution in [0.1, 0.15) is 12.5 Å². The van der Waals surface area contributed by atoms with E-state index in [0.717, 1.165) is 0 Å². The summed E-state index contributed by atoms with van der Waals surface area (Å²) < 4.78 is 83.4. The smallest absolute Gasteiger partial charge is 0.461 e. The maximum Gasteiger partial charge on any atom is 0.573 e. The zero-order chi connectivity index (χ0) is 15.6. The standard InChI is InChI=1S/C11H8F6O3/c1-2-19-9(18)10(13,14)7-4-3-6(5-8(7)12)20-11(15,16)17/h3-5H,2H2,1H3. The summed E-state index contributed by atoms with van der Waals surface area (Å²) in [7, 11) is 0. The number of carbonyl (C=O) groups excluding carboxylic acids is 1. The topological polar surface area (TPSA) is 35.5 Å². The van der Waals surface area contributed by atoms with Crippen LogP contribution in [0.15, 0.2) is 18.2 Å². The molecule has 0 spiro atoms. The van der Waals surface area contributed by atoms with Crippen molar-refractivity contribution >= 4 is 5.97 Å². The van der Waals surface area contributed by atoms with E-state index >= 15 is 0 Å². The molecule has 0 aromatic heterocycles. The number of esters is 1. The van der Waals surface area contributed by atoms with Crippen LogP contribution in [-0.4, -0.2) is 18.9 Å². The van der Waals surface area contributed by atoms with E-state index in [4.69, 9.17) is 0 Å². The summed E-state index contributed by atoms with van der Waals surface area (Å²) in [5.74, 6) is -9.04. The van der Waals surface area contributed by atoms with Crippen LogP contribution in [0.3, 0.4) is 0 Å². The van der Waals surface area contributed by atoms with Crippen molar-refractivity contribution in [3.8, 4) is 5.75 Å². The molecule has 0 unspecified atom stereocenters. The number of alkyl halides is 5. The lowest BCUT2D eigenvalue weighted by molar-refractivity contribution is -0.274. The summed E-state index contributed by atoms with van der Waals surface area (Å²) >= 11 is 0. The Balaban J connectivity index is 3.07. The Labute approximate surface area is 109 Å². The molecule has 0 fully saturated rings. The number of ether oxygens (including phenoxy) is 2. The van der Waals surface area contributed by atoms with Crippen molar-refractivity contribution in [1.29, 1.82) is 0 Å². The first kappa shape index (κ1) is 16.1. The highest BCUT2D eigenvalue weighted by molar-refractivity contribution is 5.79. The maximum atomic E-state index is 13.5. The average molecular weight is 302 g/mol. The Morgan fingerprint density at radius 3 is 2.25 bits per heavy atom. The van der Waals surface area contributed by atoms with Crippen molar-refractivity contribution in [2.45, 2.75) is 19.2 Å². The number of rotatable bonds is 4. The second kappa shape index (κ2) is 5.59. The minimum absolute atomic E-state index is 0.107. The van der Waals surface area contributed by atoms with E-state index in [2.05, 4.69) is 9.47 Å². The SMILES string of the molecule is CCOC(=O)C(F)(F)c1ccc(OC(F)(F)F)cc1F. The van der Waals surface area contributed by atoms with Crippen molar-refractivity contribution in [1.82, 2.24) is 0 Å². The van der Waals surface area contributed by atoms with Gasteiger partial charge < -0.3 is 9.47 Å². The van der Waals surface area contributed by atoms with Gasteiger partial charge in [0.25, 0.3) is 0 Å². The number of benzene rings is 1. The molecule has 1 rings (SSSR count). The molecule has 0 aliphatic carbocycles. The lowest BCUT2D eigenvalue weighted by Crippen LogP contribution is -2.29. The minimum Gasteiger partial charge on any atom is -0.461 e. The maximum absolute atomic E-state index is 13.5. The molecule has 0 saturated heterocycles. The number of halogens is 6. The van der Waals surface area contributed by atoms with Gasteiger partial charge in [-0.1, -0.05) is 0 Å². The summed E-state index contributed by atoms with van der Waals surface area (Å²) in [5.41, 5.74) is -1.40. The number of carbonyl (C=O) groups is 1. The first-order valence-electron chi connectivity index (χ1n) is 5.18. The highest BCUT2D eigenvalue weighted by Crippen LogP contribution is 2.34. The first-order chi connectivity index (χ1) is 9.08. The third-order valence-electron chi connectivity index (χ3n) is 2.04. The largest absolute Gasteiger partial charge is 0.573 e. The fourth-order valence-electron chi connectivity index (χ4n) is 1.28. The average Bonchev–Trinajstić information content (AvgIpc) is 2.26. The second-order valence-electron chi connectivity index (χ2n) is 3.48. The van der Waals surface area contributed by atoms with Crippen LogP contribution in [0.25, 0.3) is 0 Å². The van der Waals surface area contributed by atoms with Gasteiger partial charge in [0.15, 0.2) is 0 Å². The van der Waals surface area contributed by atoms with Crippen LogP contribution < -0.4 is 4.74 Å². The van der Waals surface area contributed by atoms with Gasteiger partial charge >= 0.3 is 18.3 Å². The van der Waals surface area contributed by atoms with Crippen LogP contribution in [-0.2, 0) is 15.5 Å². The summed E-state index contributed by atoms with van der Waals surface area (Å²) in [6.45, 7) is 0.913. The lowest BCUT2D eigenvalue weighted by atomic mass is 10.1. The molecule has 0 saturated carbocycles. The molecule has 0 amide bonds. The van der Waals surface area contributed by atoms with Crippen molar-refractivity contribution in [3.63, 3.8) is 0 Å². The van der Waals surface area contributed by atoms with Crippen molar-refractivity contribution in [3.05, 3.63) is 29.6 Å². The van der Waals surface area contributed by atoms with Gasteiger partial charge in [0.05, 0.1) is 12.2 Å². The van der Waals surface area contributed by atoms with Gasteiger partial charge in [0, 0.05) is 6.07 Å². The lowest BCUT2D eigenvalue weighted by Gasteiger charge is -2.16. The molecule has 20 heavy (non-hydrogen) atoms. The molecule has 9 heteroatoms. The zero-order valence-corrected chi connectivity index (χ0v) is 9.93. The number of hydrogen-bond donors (Lipinski definition) is 0. The summed E-state index contributed by atoms with van der Waals surface area (Å²) in [6, 6.07) is 0.905. The zero-order valence-electron chi connectivity index (χ0n) is 9.93. The molecular formula is C11H8F6O3. The van der Waals surface area contributed by atoms with E-state index in [-0.39, 0.29) is 12.7 Å². The third kappa shape index (κ3) is 3.78. The van der Waals surface area contributed by atoms with Crippen molar-refractivity contribution in [2.75, 3.05) is 6.61 Å². The fraction of sp³-hybridized carbons (Fsp3) is 0.364. The molecule has 0 heterocycles. The number of hydrogen-bond acceptors (Lipinski definition) is 3. The van der Waals surface area contributed by atoms with E-state index in [0.29, 0.717) is 12.1 Å². The first-order valence-corrected chi connectivity index (χ1v) is 5.18. The highest BCUT2D eigenvalue weighted by Gasteiger charge is 2.45. The Kier molecular flexibility index (Phi) is 4.51. The summed E-state index contributed by atoms with van der Waals surface area (Å²) in [5, 5.41) is 0. The highest BCUT2D eigenvalue weighted by atomic mass is 19.4. The van der Waals surface area contributed by atoms with Crippen LogP contribution in [0.4, 0.5) is 26.3 Å². The van der Waals surface area contributed by atoms with Gasteiger partial charge in [-0.3, -0.25) is 0 Å². The van der Waals surface area contributed by atoms with E-state index in [1.165, 1.54) is 6.92 Å². The van der Waals surface area contributed by atoms with Gasteiger partial charge in [-0.05, 0) is 19.1 Å². The Hall–Kier alpha value is -1.93. The quantitative estimate of drug-likeness (QED) is 0.632. The van der Waals surface area contributed by atoms with Gasteiger partial charge in [-0.2, -0.15) is 8.78 Å². The molecule has 1 aromatic rings. The molecule has 0 N–H and O–H groups in total. The molecule has 1 aromatic carbocycles. The van der Waals surface area contributed by atoms with Crippen molar-refractivity contribution < 1.29 is 40.6 Å². The fourth-order valence-corrected chi connectivity index (χ4v) is 1.28. The second-order valence-corrected chi connectivity index (χ2v) is 3.48.